The van der Waals surface area contributed by atoms with E-state index in [2.05, 4.69) is 5.43 Å². The van der Waals surface area contributed by atoms with E-state index >= 15 is 0 Å². The maximum atomic E-state index is 12.4. The fourth-order valence-corrected chi connectivity index (χ4v) is 1.65. The molecule has 0 bridgehead atoms. The van der Waals surface area contributed by atoms with E-state index in [1.54, 1.807) is 0 Å². The molecule has 1 atom stereocenters. The van der Waals surface area contributed by atoms with Crippen molar-refractivity contribution >= 4 is 0 Å². The van der Waals surface area contributed by atoms with Crippen LogP contribution in [-0.4, -0.2) is 19.3 Å². The normalized spacial score (nSPS) is 13.5. The number of benzene rings is 1. The summed E-state index contributed by atoms with van der Waals surface area (Å²) in [4.78, 5) is 0. The first-order valence-corrected chi connectivity index (χ1v) is 6.17. The van der Waals surface area contributed by atoms with Gasteiger partial charge in [0.05, 0.1) is 12.2 Å². The highest BCUT2D eigenvalue weighted by Crippen LogP contribution is 2.29. The first-order valence-electron chi connectivity index (χ1n) is 6.17. The van der Waals surface area contributed by atoms with E-state index in [9.17, 15) is 13.2 Å². The SMILES string of the molecule is CCCOCC(Cc1ccc(C(F)(F)F)cc1)NN. The predicted octanol–water partition coefficient (Wildman–Crippen LogP) is 2.51. The molecule has 1 unspecified atom stereocenters. The second-order valence-electron chi connectivity index (χ2n) is 4.34. The van der Waals surface area contributed by atoms with Gasteiger partial charge in [-0.3, -0.25) is 11.3 Å². The van der Waals surface area contributed by atoms with Crippen molar-refractivity contribution in [3.05, 3.63) is 35.4 Å². The molecule has 0 spiro atoms. The Morgan fingerprint density at radius 3 is 2.37 bits per heavy atom. The van der Waals surface area contributed by atoms with E-state index in [1.807, 2.05) is 6.92 Å². The molecule has 1 aromatic rings. The van der Waals surface area contributed by atoms with Crippen LogP contribution in [0.4, 0.5) is 13.2 Å². The third-order valence-corrected chi connectivity index (χ3v) is 2.67. The Hall–Kier alpha value is -1.11. The van der Waals surface area contributed by atoms with Crippen LogP contribution in [0.3, 0.4) is 0 Å². The number of ether oxygens (including phenoxy) is 1. The second-order valence-corrected chi connectivity index (χ2v) is 4.34. The van der Waals surface area contributed by atoms with Gasteiger partial charge in [-0.2, -0.15) is 13.2 Å². The number of nitrogens with two attached hydrogens (primary N) is 1. The molecular formula is C13H19F3N2O. The summed E-state index contributed by atoms with van der Waals surface area (Å²) in [5, 5.41) is 0. The van der Waals surface area contributed by atoms with Crippen molar-refractivity contribution in [2.45, 2.75) is 32.0 Å². The Morgan fingerprint density at radius 1 is 1.26 bits per heavy atom. The molecule has 0 heterocycles. The fourth-order valence-electron chi connectivity index (χ4n) is 1.65. The molecule has 3 N–H and O–H groups in total. The summed E-state index contributed by atoms with van der Waals surface area (Å²) >= 11 is 0. The van der Waals surface area contributed by atoms with Gasteiger partial charge < -0.3 is 4.74 Å². The van der Waals surface area contributed by atoms with Crippen LogP contribution in [0.5, 0.6) is 0 Å². The molecule has 108 valence electrons. The van der Waals surface area contributed by atoms with E-state index in [1.165, 1.54) is 12.1 Å². The van der Waals surface area contributed by atoms with Crippen LogP contribution in [0.2, 0.25) is 0 Å². The molecule has 0 aliphatic carbocycles. The Morgan fingerprint density at radius 2 is 1.89 bits per heavy atom. The molecular weight excluding hydrogens is 257 g/mol. The lowest BCUT2D eigenvalue weighted by molar-refractivity contribution is -0.137. The molecule has 0 amide bonds. The quantitative estimate of drug-likeness (QED) is 0.457. The lowest BCUT2D eigenvalue weighted by Crippen LogP contribution is -2.40. The number of hydrogen-bond acceptors (Lipinski definition) is 3. The monoisotopic (exact) mass is 276 g/mol. The summed E-state index contributed by atoms with van der Waals surface area (Å²) in [6.07, 6.45) is -2.86. The van der Waals surface area contributed by atoms with Crippen molar-refractivity contribution < 1.29 is 17.9 Å². The van der Waals surface area contributed by atoms with Crippen molar-refractivity contribution in [3.8, 4) is 0 Å². The first kappa shape index (κ1) is 15.9. The largest absolute Gasteiger partial charge is 0.416 e. The van der Waals surface area contributed by atoms with Crippen molar-refractivity contribution in [1.29, 1.82) is 0 Å². The summed E-state index contributed by atoms with van der Waals surface area (Å²) in [5.41, 5.74) is 2.75. The van der Waals surface area contributed by atoms with Crippen LogP contribution in [0, 0.1) is 0 Å². The standard InChI is InChI=1S/C13H19F3N2O/c1-2-7-19-9-12(18-17)8-10-3-5-11(6-4-10)13(14,15)16/h3-6,12,18H,2,7-9,17H2,1H3. The second kappa shape index (κ2) is 7.47. The maximum absolute atomic E-state index is 12.4. The average molecular weight is 276 g/mol. The van der Waals surface area contributed by atoms with Crippen LogP contribution in [0.25, 0.3) is 0 Å². The molecule has 0 saturated heterocycles. The zero-order valence-electron chi connectivity index (χ0n) is 10.8. The minimum atomic E-state index is -4.30. The summed E-state index contributed by atoms with van der Waals surface area (Å²) in [7, 11) is 0. The maximum Gasteiger partial charge on any atom is 0.416 e. The van der Waals surface area contributed by atoms with Crippen LogP contribution >= 0.6 is 0 Å². The summed E-state index contributed by atoms with van der Waals surface area (Å²) in [6.45, 7) is 3.08. The number of rotatable bonds is 7. The molecule has 0 aromatic heterocycles. The van der Waals surface area contributed by atoms with E-state index in [0.717, 1.165) is 24.1 Å². The number of halogens is 3. The van der Waals surface area contributed by atoms with Crippen LogP contribution < -0.4 is 11.3 Å². The zero-order chi connectivity index (χ0) is 14.3. The van der Waals surface area contributed by atoms with Crippen LogP contribution in [-0.2, 0) is 17.3 Å². The van der Waals surface area contributed by atoms with Crippen LogP contribution in [0.1, 0.15) is 24.5 Å². The van der Waals surface area contributed by atoms with E-state index in [0.29, 0.717) is 19.6 Å². The highest BCUT2D eigenvalue weighted by molar-refractivity contribution is 5.25. The minimum absolute atomic E-state index is 0.108. The Labute approximate surface area is 110 Å². The van der Waals surface area contributed by atoms with Gasteiger partial charge in [0.2, 0.25) is 0 Å². The molecule has 0 aliphatic heterocycles. The molecule has 1 rings (SSSR count). The summed E-state index contributed by atoms with van der Waals surface area (Å²) < 4.78 is 42.6. The zero-order valence-corrected chi connectivity index (χ0v) is 10.8. The van der Waals surface area contributed by atoms with Gasteiger partial charge in [-0.25, -0.2) is 0 Å². The Balaban J connectivity index is 2.55. The van der Waals surface area contributed by atoms with Crippen molar-refractivity contribution in [1.82, 2.24) is 5.43 Å². The molecule has 1 aromatic carbocycles. The lowest BCUT2D eigenvalue weighted by atomic mass is 10.0. The van der Waals surface area contributed by atoms with Crippen LogP contribution in [0.15, 0.2) is 24.3 Å². The molecule has 0 aliphatic rings. The van der Waals surface area contributed by atoms with Gasteiger partial charge in [-0.15, -0.1) is 0 Å². The van der Waals surface area contributed by atoms with Gasteiger partial charge in [0.15, 0.2) is 0 Å². The molecule has 0 saturated carbocycles. The fraction of sp³-hybridized carbons (Fsp3) is 0.538. The van der Waals surface area contributed by atoms with E-state index in [-0.39, 0.29) is 6.04 Å². The van der Waals surface area contributed by atoms with Crippen molar-refractivity contribution in [2.24, 2.45) is 5.84 Å². The lowest BCUT2D eigenvalue weighted by Gasteiger charge is -2.16. The van der Waals surface area contributed by atoms with E-state index < -0.39 is 11.7 Å². The Kier molecular flexibility index (Phi) is 6.27. The van der Waals surface area contributed by atoms with Gasteiger partial charge in [0.1, 0.15) is 0 Å². The van der Waals surface area contributed by atoms with Crippen molar-refractivity contribution in [2.75, 3.05) is 13.2 Å². The molecule has 0 fully saturated rings. The van der Waals surface area contributed by atoms with Gasteiger partial charge in [0, 0.05) is 12.6 Å². The average Bonchev–Trinajstić information content (AvgIpc) is 2.37. The third kappa shape index (κ3) is 5.59. The number of hydrogen-bond donors (Lipinski definition) is 2. The molecule has 19 heavy (non-hydrogen) atoms. The van der Waals surface area contributed by atoms with Gasteiger partial charge in [0.25, 0.3) is 0 Å². The van der Waals surface area contributed by atoms with Gasteiger partial charge >= 0.3 is 6.18 Å². The summed E-state index contributed by atoms with van der Waals surface area (Å²) in [5.74, 6) is 5.39. The number of hydrazine groups is 1. The highest BCUT2D eigenvalue weighted by Gasteiger charge is 2.29. The van der Waals surface area contributed by atoms with Gasteiger partial charge in [-0.05, 0) is 30.5 Å². The molecule has 3 nitrogen and oxygen atoms in total. The topological polar surface area (TPSA) is 47.3 Å². The first-order chi connectivity index (χ1) is 8.97. The minimum Gasteiger partial charge on any atom is -0.380 e. The third-order valence-electron chi connectivity index (χ3n) is 2.67. The van der Waals surface area contributed by atoms with Gasteiger partial charge in [-0.1, -0.05) is 19.1 Å². The predicted molar refractivity (Wildman–Crippen MR) is 67.4 cm³/mol. The van der Waals surface area contributed by atoms with E-state index in [4.69, 9.17) is 10.6 Å². The Bertz CT molecular complexity index is 365. The smallest absolute Gasteiger partial charge is 0.380 e. The molecule has 6 heteroatoms. The molecule has 0 radical (unpaired) electrons. The van der Waals surface area contributed by atoms with Crippen molar-refractivity contribution in [3.63, 3.8) is 0 Å². The number of alkyl halides is 3. The number of nitrogens with one attached hydrogen (secondary N) is 1. The highest BCUT2D eigenvalue weighted by atomic mass is 19.4. The summed E-state index contributed by atoms with van der Waals surface area (Å²) in [6, 6.07) is 4.98.